The number of rotatable bonds is 11. The molecule has 288 valence electrons. The van der Waals surface area contributed by atoms with E-state index in [-0.39, 0.29) is 64.2 Å². The maximum absolute atomic E-state index is 11.6. The molecule has 56 heavy (non-hydrogen) atoms. The van der Waals surface area contributed by atoms with Crippen LogP contribution in [0, 0.1) is 0 Å². The number of fused-ring (bicyclic) bond motifs is 6. The third-order valence-corrected chi connectivity index (χ3v) is 13.5. The van der Waals surface area contributed by atoms with Crippen LogP contribution < -0.4 is 56.3 Å². The molecule has 0 radical (unpaired) electrons. The van der Waals surface area contributed by atoms with E-state index < -0.39 is 42.6 Å². The largest absolute Gasteiger partial charge is 1.00 e. The van der Waals surface area contributed by atoms with Crippen molar-refractivity contribution in [1.29, 1.82) is 0 Å². The second-order valence-corrected chi connectivity index (χ2v) is 19.2. The van der Waals surface area contributed by atoms with E-state index in [9.17, 15) is 25.9 Å². The Balaban J connectivity index is 0.00000532. The molecular weight excluding hydrogens is 791 g/mol. The van der Waals surface area contributed by atoms with Gasteiger partial charge in [0, 0.05) is 64.0 Å². The van der Waals surface area contributed by atoms with Crippen LogP contribution in [-0.2, 0) is 31.1 Å². The van der Waals surface area contributed by atoms with E-state index >= 15 is 0 Å². The summed E-state index contributed by atoms with van der Waals surface area (Å²) in [4.78, 5) is 2.15. The molecule has 0 saturated carbocycles. The number of allylic oxidation sites excluding steroid dienone is 8. The van der Waals surface area contributed by atoms with Crippen LogP contribution in [0.5, 0.6) is 0 Å². The van der Waals surface area contributed by atoms with Gasteiger partial charge in [-0.25, -0.2) is 16.8 Å². The maximum atomic E-state index is 11.6. The standard InChI is InChI=1S/C44H47ClN2O6S2.K/c1-43(2)38(46(26-10-28-54(48,49)50)36-22-18-30-12-5-7-16-34(30)40(36)43)24-20-32-14-9-15-33(42(32)45)21-25-39-44(3,4)41-35-17-8-6-13-31(35)19-23-37(41)47(39)27-11-29-55(51,52)53;/h5-8,12-13,16-25H,9-11,14-15,26-29H2,1-4H3,(H-,48,49,50,51,52,53);/q;+1/p-1. The minimum absolute atomic E-state index is 0. The van der Waals surface area contributed by atoms with Crippen LogP contribution in [0.2, 0.25) is 0 Å². The van der Waals surface area contributed by atoms with Crippen molar-refractivity contribution in [3.8, 4) is 0 Å². The molecule has 0 aromatic heterocycles. The molecule has 2 heterocycles. The SMILES string of the molecule is CC1(C)C(/C=C/C2=C(Cl)C(=C/C=C3/N(CCCS(=O)(=O)[O-])c4ccc5ccccc5c4C3(C)C)/CCC2)=[N+](CCCS(=O)(=O)[O-])c2ccc3ccccc3c21.[K+]. The van der Waals surface area contributed by atoms with E-state index in [1.807, 2.05) is 24.3 Å². The Morgan fingerprint density at radius 2 is 1.36 bits per heavy atom. The van der Waals surface area contributed by atoms with E-state index in [0.29, 0.717) is 18.1 Å². The van der Waals surface area contributed by atoms with Crippen LogP contribution in [-0.4, -0.2) is 60.8 Å². The van der Waals surface area contributed by atoms with E-state index in [1.54, 1.807) is 0 Å². The van der Waals surface area contributed by atoms with Crippen molar-refractivity contribution < 1.29 is 81.9 Å². The third-order valence-electron chi connectivity index (χ3n) is 11.4. The molecular formula is C44H46ClKN2O6S2. The van der Waals surface area contributed by atoms with Crippen molar-refractivity contribution in [2.24, 2.45) is 0 Å². The van der Waals surface area contributed by atoms with E-state index in [1.165, 1.54) is 0 Å². The number of anilines is 1. The molecule has 0 bridgehead atoms. The van der Waals surface area contributed by atoms with Crippen molar-refractivity contribution in [2.45, 2.75) is 70.6 Å². The van der Waals surface area contributed by atoms with Crippen molar-refractivity contribution >= 4 is 70.5 Å². The zero-order valence-corrected chi connectivity index (χ0v) is 38.2. The third kappa shape index (κ3) is 8.64. The first kappa shape index (κ1) is 43.2. The summed E-state index contributed by atoms with van der Waals surface area (Å²) < 4.78 is 71.5. The Hall–Kier alpha value is -2.42. The predicted octanol–water partition coefficient (Wildman–Crippen LogP) is 6.08. The Morgan fingerprint density at radius 1 is 0.750 bits per heavy atom. The molecule has 3 aliphatic rings. The quantitative estimate of drug-likeness (QED) is 0.102. The normalized spacial score (nSPS) is 19.4. The fourth-order valence-electron chi connectivity index (χ4n) is 8.92. The summed E-state index contributed by atoms with van der Waals surface area (Å²) in [7, 11) is -8.71. The summed E-state index contributed by atoms with van der Waals surface area (Å²) >= 11 is 7.23. The molecule has 0 unspecified atom stereocenters. The summed E-state index contributed by atoms with van der Waals surface area (Å²) in [5.74, 6) is -0.866. The molecule has 0 spiro atoms. The molecule has 4 aromatic rings. The molecule has 0 fully saturated rings. The van der Waals surface area contributed by atoms with Gasteiger partial charge in [0.15, 0.2) is 5.71 Å². The second-order valence-electron chi connectivity index (χ2n) is 15.8. The molecule has 8 nitrogen and oxygen atoms in total. The summed E-state index contributed by atoms with van der Waals surface area (Å²) in [6.07, 6.45) is 11.3. The molecule has 0 saturated heterocycles. The summed E-state index contributed by atoms with van der Waals surface area (Å²) in [6.45, 7) is 9.48. The maximum Gasteiger partial charge on any atom is 1.00 e. The van der Waals surface area contributed by atoms with E-state index in [4.69, 9.17) is 11.6 Å². The van der Waals surface area contributed by atoms with Crippen LogP contribution in [0.3, 0.4) is 0 Å². The predicted molar refractivity (Wildman–Crippen MR) is 221 cm³/mol. The van der Waals surface area contributed by atoms with Gasteiger partial charge in [-0.2, -0.15) is 4.58 Å². The van der Waals surface area contributed by atoms with Crippen molar-refractivity contribution in [2.75, 3.05) is 29.5 Å². The molecule has 2 aliphatic heterocycles. The zero-order valence-electron chi connectivity index (χ0n) is 32.6. The van der Waals surface area contributed by atoms with Crippen LogP contribution in [0.1, 0.15) is 70.9 Å². The molecule has 0 atom stereocenters. The Labute approximate surface area is 378 Å². The van der Waals surface area contributed by atoms with Crippen LogP contribution in [0.15, 0.2) is 119 Å². The number of halogens is 1. The first-order chi connectivity index (χ1) is 26.0. The molecule has 7 rings (SSSR count). The first-order valence-electron chi connectivity index (χ1n) is 18.8. The number of benzene rings is 4. The van der Waals surface area contributed by atoms with Crippen molar-refractivity contribution in [1.82, 2.24) is 0 Å². The Kier molecular flexibility index (Phi) is 12.9. The smallest absolute Gasteiger partial charge is 0.748 e. The molecule has 0 N–H and O–H groups in total. The Morgan fingerprint density at radius 3 is 2.02 bits per heavy atom. The van der Waals surface area contributed by atoms with Gasteiger partial charge in [-0.05, 0) is 96.0 Å². The summed E-state index contributed by atoms with van der Waals surface area (Å²) in [6, 6.07) is 24.8. The van der Waals surface area contributed by atoms with Crippen LogP contribution in [0.25, 0.3) is 21.5 Å². The minimum Gasteiger partial charge on any atom is -0.748 e. The summed E-state index contributed by atoms with van der Waals surface area (Å²) in [5, 5.41) is 5.21. The topological polar surface area (TPSA) is 121 Å². The number of hydrogen-bond donors (Lipinski definition) is 0. The van der Waals surface area contributed by atoms with Gasteiger partial charge in [-0.15, -0.1) is 0 Å². The van der Waals surface area contributed by atoms with E-state index in [0.717, 1.165) is 85.9 Å². The van der Waals surface area contributed by atoms with E-state index in [2.05, 4.69) is 110 Å². The average Bonchev–Trinajstić information content (AvgIpc) is 3.47. The molecule has 0 amide bonds. The molecule has 1 aliphatic carbocycles. The number of hydrogen-bond acceptors (Lipinski definition) is 7. The van der Waals surface area contributed by atoms with Gasteiger partial charge in [-0.1, -0.05) is 92.2 Å². The van der Waals surface area contributed by atoms with Crippen LogP contribution >= 0.6 is 11.6 Å². The van der Waals surface area contributed by atoms with Crippen LogP contribution in [0.4, 0.5) is 11.4 Å². The Bertz CT molecular complexity index is 2610. The van der Waals surface area contributed by atoms with Gasteiger partial charge in [0.25, 0.3) is 0 Å². The van der Waals surface area contributed by atoms with Crippen molar-refractivity contribution in [3.63, 3.8) is 0 Å². The van der Waals surface area contributed by atoms with Crippen molar-refractivity contribution in [3.05, 3.63) is 130 Å². The zero-order chi connectivity index (χ0) is 39.3. The monoisotopic (exact) mass is 836 g/mol. The number of nitrogens with zero attached hydrogens (tertiary/aromatic N) is 2. The van der Waals surface area contributed by atoms with Gasteiger partial charge in [0.1, 0.15) is 6.54 Å². The van der Waals surface area contributed by atoms with Gasteiger partial charge in [0.2, 0.25) is 5.69 Å². The minimum atomic E-state index is -4.36. The van der Waals surface area contributed by atoms with Gasteiger partial charge < -0.3 is 14.0 Å². The van der Waals surface area contributed by atoms with Gasteiger partial charge >= 0.3 is 51.4 Å². The molecule has 4 aromatic carbocycles. The average molecular weight is 838 g/mol. The molecule has 12 heteroatoms. The second kappa shape index (κ2) is 16.7. The van der Waals surface area contributed by atoms with Gasteiger partial charge in [0.05, 0.1) is 25.7 Å². The first-order valence-corrected chi connectivity index (χ1v) is 22.3. The fraction of sp³-hybridized carbons (Fsp3) is 0.341. The summed E-state index contributed by atoms with van der Waals surface area (Å²) in [5.41, 5.74) is 7.51. The fourth-order valence-corrected chi connectivity index (χ4v) is 10.2. The van der Waals surface area contributed by atoms with Gasteiger partial charge in [-0.3, -0.25) is 0 Å².